The summed E-state index contributed by atoms with van der Waals surface area (Å²) < 4.78 is 5.10. The third-order valence-electron chi connectivity index (χ3n) is 1.66. The molecule has 0 aliphatic carbocycles. The SMILES string of the molecule is CSC(=O)Nc1cc(C(C)(C)C)on1. The number of aromatic nitrogens is 1. The molecule has 1 aromatic rings. The minimum Gasteiger partial charge on any atom is -0.359 e. The highest BCUT2D eigenvalue weighted by molar-refractivity contribution is 8.13. The van der Waals surface area contributed by atoms with E-state index in [2.05, 4.69) is 10.5 Å². The van der Waals surface area contributed by atoms with Gasteiger partial charge in [-0.3, -0.25) is 10.1 Å². The summed E-state index contributed by atoms with van der Waals surface area (Å²) in [6.45, 7) is 6.06. The van der Waals surface area contributed by atoms with Crippen molar-refractivity contribution in [3.8, 4) is 0 Å². The Labute approximate surface area is 87.4 Å². The molecule has 14 heavy (non-hydrogen) atoms. The highest BCUT2D eigenvalue weighted by Gasteiger charge is 2.20. The second-order valence-corrected chi connectivity index (χ2v) is 4.72. The van der Waals surface area contributed by atoms with E-state index in [1.54, 1.807) is 12.3 Å². The molecule has 1 rings (SSSR count). The van der Waals surface area contributed by atoms with Crippen LogP contribution in [0.5, 0.6) is 0 Å². The largest absolute Gasteiger partial charge is 0.359 e. The molecule has 0 unspecified atom stereocenters. The Hall–Kier alpha value is -0.970. The minimum absolute atomic E-state index is 0.0880. The number of hydrogen-bond acceptors (Lipinski definition) is 4. The molecule has 0 saturated heterocycles. The number of amides is 1. The molecule has 78 valence electrons. The van der Waals surface area contributed by atoms with Gasteiger partial charge in [0, 0.05) is 11.5 Å². The first-order valence-corrected chi connectivity index (χ1v) is 5.48. The second kappa shape index (κ2) is 4.04. The monoisotopic (exact) mass is 214 g/mol. The van der Waals surface area contributed by atoms with E-state index in [0.29, 0.717) is 5.82 Å². The lowest BCUT2D eigenvalue weighted by Crippen LogP contribution is -2.09. The normalized spacial score (nSPS) is 11.4. The quantitative estimate of drug-likeness (QED) is 0.781. The summed E-state index contributed by atoms with van der Waals surface area (Å²) in [7, 11) is 0. The van der Waals surface area contributed by atoms with Crippen LogP contribution in [-0.2, 0) is 5.41 Å². The van der Waals surface area contributed by atoms with Gasteiger partial charge >= 0.3 is 0 Å². The molecule has 0 fully saturated rings. The fourth-order valence-corrected chi connectivity index (χ4v) is 1.05. The van der Waals surface area contributed by atoms with Gasteiger partial charge in [0.2, 0.25) is 0 Å². The fourth-order valence-electron chi connectivity index (χ4n) is 0.843. The van der Waals surface area contributed by atoms with Crippen molar-refractivity contribution in [3.05, 3.63) is 11.8 Å². The molecule has 0 saturated carbocycles. The Bertz CT molecular complexity index is 328. The van der Waals surface area contributed by atoms with Gasteiger partial charge in [-0.05, 0) is 6.26 Å². The van der Waals surface area contributed by atoms with Crippen LogP contribution in [0.1, 0.15) is 26.5 Å². The Morgan fingerprint density at radius 1 is 1.57 bits per heavy atom. The van der Waals surface area contributed by atoms with Crippen LogP contribution >= 0.6 is 11.8 Å². The third-order valence-corrected chi connectivity index (χ3v) is 2.14. The van der Waals surface area contributed by atoms with Gasteiger partial charge in [0.15, 0.2) is 5.82 Å². The first kappa shape index (κ1) is 11.1. The molecule has 1 heterocycles. The zero-order chi connectivity index (χ0) is 10.8. The maximum absolute atomic E-state index is 11.0. The van der Waals surface area contributed by atoms with Gasteiger partial charge < -0.3 is 4.52 Å². The molecule has 0 aliphatic heterocycles. The first-order valence-electron chi connectivity index (χ1n) is 4.25. The number of nitrogens with one attached hydrogen (secondary N) is 1. The average Bonchev–Trinajstić information content (AvgIpc) is 2.51. The van der Waals surface area contributed by atoms with E-state index in [4.69, 9.17) is 4.52 Å². The third kappa shape index (κ3) is 2.77. The van der Waals surface area contributed by atoms with Crippen LogP contribution in [0.15, 0.2) is 10.6 Å². The van der Waals surface area contributed by atoms with Crippen LogP contribution in [0.4, 0.5) is 10.6 Å². The topological polar surface area (TPSA) is 55.1 Å². The van der Waals surface area contributed by atoms with Crippen LogP contribution < -0.4 is 5.32 Å². The van der Waals surface area contributed by atoms with Gasteiger partial charge in [0.25, 0.3) is 5.24 Å². The van der Waals surface area contributed by atoms with Crippen molar-refractivity contribution in [1.29, 1.82) is 0 Å². The smallest absolute Gasteiger partial charge is 0.284 e. The van der Waals surface area contributed by atoms with Crippen molar-refractivity contribution >= 4 is 22.8 Å². The van der Waals surface area contributed by atoms with Crippen LogP contribution in [0, 0.1) is 0 Å². The Morgan fingerprint density at radius 2 is 2.21 bits per heavy atom. The van der Waals surface area contributed by atoms with Crippen molar-refractivity contribution in [2.75, 3.05) is 11.6 Å². The second-order valence-electron chi connectivity index (χ2n) is 3.94. The van der Waals surface area contributed by atoms with Crippen molar-refractivity contribution in [2.24, 2.45) is 0 Å². The number of hydrogen-bond donors (Lipinski definition) is 1. The highest BCUT2D eigenvalue weighted by atomic mass is 32.2. The minimum atomic E-state index is -0.140. The first-order chi connectivity index (χ1) is 6.43. The van der Waals surface area contributed by atoms with E-state index in [0.717, 1.165) is 17.5 Å². The summed E-state index contributed by atoms with van der Waals surface area (Å²) in [6, 6.07) is 1.74. The lowest BCUT2D eigenvalue weighted by Gasteiger charge is -2.11. The van der Waals surface area contributed by atoms with Crippen LogP contribution in [-0.4, -0.2) is 16.7 Å². The number of thioether (sulfide) groups is 1. The number of nitrogens with zero attached hydrogens (tertiary/aromatic N) is 1. The van der Waals surface area contributed by atoms with E-state index in [-0.39, 0.29) is 10.7 Å². The molecule has 1 amide bonds. The summed E-state index contributed by atoms with van der Waals surface area (Å²) in [6.07, 6.45) is 1.71. The molecule has 0 bridgehead atoms. The molecule has 0 spiro atoms. The van der Waals surface area contributed by atoms with Gasteiger partial charge in [0.1, 0.15) is 5.76 Å². The van der Waals surface area contributed by atoms with Crippen LogP contribution in [0.25, 0.3) is 0 Å². The fraction of sp³-hybridized carbons (Fsp3) is 0.556. The molecule has 4 nitrogen and oxygen atoms in total. The summed E-state index contributed by atoms with van der Waals surface area (Å²) in [4.78, 5) is 11.0. The molecule has 0 radical (unpaired) electrons. The predicted octanol–water partition coefficient (Wildman–Crippen LogP) is 2.87. The van der Waals surface area contributed by atoms with Crippen LogP contribution in [0.2, 0.25) is 0 Å². The van der Waals surface area contributed by atoms with Crippen LogP contribution in [0.3, 0.4) is 0 Å². The molecular weight excluding hydrogens is 200 g/mol. The van der Waals surface area contributed by atoms with Crippen molar-refractivity contribution in [2.45, 2.75) is 26.2 Å². The molecular formula is C9H14N2O2S. The Balaban J connectivity index is 2.74. The van der Waals surface area contributed by atoms with Crippen molar-refractivity contribution < 1.29 is 9.32 Å². The Morgan fingerprint density at radius 3 is 2.64 bits per heavy atom. The van der Waals surface area contributed by atoms with Crippen molar-refractivity contribution in [3.63, 3.8) is 0 Å². The van der Waals surface area contributed by atoms with E-state index in [1.165, 1.54) is 0 Å². The number of carbonyl (C=O) groups is 1. The maximum Gasteiger partial charge on any atom is 0.284 e. The van der Waals surface area contributed by atoms with Gasteiger partial charge in [-0.25, -0.2) is 0 Å². The van der Waals surface area contributed by atoms with Crippen molar-refractivity contribution in [1.82, 2.24) is 5.16 Å². The standard InChI is InChI=1S/C9H14N2O2S/c1-9(2,3)6-5-7(11-13-6)10-8(12)14-4/h5H,1-4H3,(H,10,11,12). The number of rotatable bonds is 1. The predicted molar refractivity (Wildman–Crippen MR) is 57.7 cm³/mol. The maximum atomic E-state index is 11.0. The highest BCUT2D eigenvalue weighted by Crippen LogP contribution is 2.24. The van der Waals surface area contributed by atoms with Gasteiger partial charge in [0.05, 0.1) is 0 Å². The van der Waals surface area contributed by atoms with E-state index in [9.17, 15) is 4.79 Å². The zero-order valence-electron chi connectivity index (χ0n) is 8.75. The number of anilines is 1. The lowest BCUT2D eigenvalue weighted by atomic mass is 9.93. The van der Waals surface area contributed by atoms with E-state index in [1.807, 2.05) is 20.8 Å². The van der Waals surface area contributed by atoms with Gasteiger partial charge in [-0.1, -0.05) is 37.7 Å². The summed E-state index contributed by atoms with van der Waals surface area (Å²) in [5.41, 5.74) is -0.0880. The summed E-state index contributed by atoms with van der Waals surface area (Å²) >= 11 is 1.10. The number of carbonyl (C=O) groups excluding carboxylic acids is 1. The molecule has 1 N–H and O–H groups in total. The van der Waals surface area contributed by atoms with Gasteiger partial charge in [-0.15, -0.1) is 0 Å². The molecule has 5 heteroatoms. The summed E-state index contributed by atoms with van der Waals surface area (Å²) in [5, 5.41) is 6.21. The molecule has 0 atom stereocenters. The van der Waals surface area contributed by atoms with Gasteiger partial charge in [-0.2, -0.15) is 0 Å². The average molecular weight is 214 g/mol. The lowest BCUT2D eigenvalue weighted by molar-refractivity contribution is 0.269. The zero-order valence-corrected chi connectivity index (χ0v) is 9.57. The van der Waals surface area contributed by atoms with E-state index >= 15 is 0 Å². The molecule has 0 aromatic carbocycles. The summed E-state index contributed by atoms with van der Waals surface area (Å²) in [5.74, 6) is 1.23. The Kier molecular flexibility index (Phi) is 3.21. The molecule has 1 aromatic heterocycles. The molecule has 0 aliphatic rings. The van der Waals surface area contributed by atoms with E-state index < -0.39 is 0 Å².